The summed E-state index contributed by atoms with van der Waals surface area (Å²) in [4.78, 5) is 9.20. The van der Waals surface area contributed by atoms with E-state index in [-0.39, 0.29) is 25.5 Å². The quantitative estimate of drug-likeness (QED) is 0.123. The van der Waals surface area contributed by atoms with Crippen molar-refractivity contribution in [2.45, 2.75) is 69.5 Å². The molecule has 51 heavy (non-hydrogen) atoms. The fourth-order valence-corrected chi connectivity index (χ4v) is 11.1. The number of thiophene rings is 1. The van der Waals surface area contributed by atoms with Crippen LogP contribution in [0.1, 0.15) is 40.2 Å². The molecule has 0 fully saturated rings. The Labute approximate surface area is 329 Å². The maximum Gasteiger partial charge on any atom is 0 e. The molecule has 0 aliphatic rings. The fraction of sp³-hybridized carbons (Fsp3) is 0.244. The molecule has 4 aromatic carbocycles. The molecule has 0 spiro atoms. The molecule has 263 valence electrons. The monoisotopic (exact) mass is 945 g/mol. The molecule has 0 N–H and O–H groups in total. The Morgan fingerprint density at radius 2 is 1.55 bits per heavy atom. The molecule has 0 atom stereocenters. The molecule has 0 aliphatic heterocycles. The van der Waals surface area contributed by atoms with Crippen molar-refractivity contribution < 1.29 is 22.8 Å². The van der Waals surface area contributed by atoms with Crippen LogP contribution in [-0.4, -0.2) is 31.3 Å². The Bertz CT molecular complexity index is 2320. The van der Waals surface area contributed by atoms with Crippen LogP contribution >= 0.6 is 11.3 Å². The van der Waals surface area contributed by atoms with Gasteiger partial charge in [-0.25, -0.2) is 0 Å². The van der Waals surface area contributed by atoms with Gasteiger partial charge < -0.3 is 4.98 Å². The van der Waals surface area contributed by atoms with Gasteiger partial charge in [0.25, 0.3) is 0 Å². The number of rotatable bonds is 6. The summed E-state index contributed by atoms with van der Waals surface area (Å²) in [7, 11) is -1.53. The third-order valence-electron chi connectivity index (χ3n) is 8.94. The van der Waals surface area contributed by atoms with E-state index in [1.54, 1.807) is 23.6 Å². The zero-order valence-electron chi connectivity index (χ0n) is 33.1. The van der Waals surface area contributed by atoms with E-state index in [1.807, 2.05) is 66.9 Å². The number of aromatic nitrogens is 2. The van der Waals surface area contributed by atoms with Crippen LogP contribution in [0.5, 0.6) is 0 Å². The fourth-order valence-electron chi connectivity index (χ4n) is 6.02. The van der Waals surface area contributed by atoms with Gasteiger partial charge >= 0.3 is 99.8 Å². The molecule has 1 radical (unpaired) electrons. The standard InChI is InChI=1S/C31H32NSSi.C14H16GeN.Ir/c1-31(2,3)23-15-13-21(14-16-23)19-22-17-18-32-26(20-22)24-9-7-10-25-29-27(33-30(24)25)11-8-12-28(29)34(4,5)6;1-15(2,3)13-9-10-14(16-11-13)12-7-5-4-6-8-12;/h7-8,10-18,20H,19H2,1-6H3;4-7,9-11H,1-3H3;/q2*-1;/i19D2;;. The molecule has 7 aromatic rings. The van der Waals surface area contributed by atoms with Gasteiger partial charge in [0.1, 0.15) is 0 Å². The summed E-state index contributed by atoms with van der Waals surface area (Å²) >= 11 is 0.0683. The van der Waals surface area contributed by atoms with Gasteiger partial charge in [0.05, 0.1) is 8.07 Å². The molecular weight excluding hydrogens is 893 g/mol. The van der Waals surface area contributed by atoms with E-state index in [1.165, 1.54) is 30.6 Å². The summed E-state index contributed by atoms with van der Waals surface area (Å²) in [5.74, 6) is 7.14. The second-order valence-corrected chi connectivity index (χ2v) is 32.7. The molecule has 0 bridgehead atoms. The number of hydrogen-bond donors (Lipinski definition) is 0. The molecule has 0 unspecified atom stereocenters. The molecule has 6 heteroatoms. The first kappa shape index (κ1) is 36.2. The molecule has 0 aliphatic carbocycles. The number of hydrogen-bond acceptors (Lipinski definition) is 3. The van der Waals surface area contributed by atoms with Crippen molar-refractivity contribution in [3.63, 3.8) is 0 Å². The van der Waals surface area contributed by atoms with E-state index in [0.29, 0.717) is 11.1 Å². The molecule has 0 amide bonds. The second kappa shape index (κ2) is 15.8. The summed E-state index contributed by atoms with van der Waals surface area (Å²) in [5.41, 5.74) is 6.25. The minimum atomic E-state index is -1.72. The first-order valence-corrected chi connectivity index (χ1v) is 29.0. The summed E-state index contributed by atoms with van der Waals surface area (Å²) in [6.45, 7) is 13.7. The average molecular weight is 944 g/mol. The van der Waals surface area contributed by atoms with Gasteiger partial charge in [-0.3, -0.25) is 0 Å². The van der Waals surface area contributed by atoms with Gasteiger partial charge in [-0.05, 0) is 56.4 Å². The Morgan fingerprint density at radius 3 is 2.18 bits per heavy atom. The van der Waals surface area contributed by atoms with E-state index < -0.39 is 27.7 Å². The molecule has 3 heterocycles. The second-order valence-electron chi connectivity index (χ2n) is 16.0. The van der Waals surface area contributed by atoms with Crippen LogP contribution in [0.2, 0.25) is 36.9 Å². The van der Waals surface area contributed by atoms with Gasteiger partial charge in [0.2, 0.25) is 0 Å². The van der Waals surface area contributed by atoms with Crippen LogP contribution < -0.4 is 9.58 Å². The van der Waals surface area contributed by atoms with Gasteiger partial charge in [0.15, 0.2) is 0 Å². The van der Waals surface area contributed by atoms with E-state index in [9.17, 15) is 0 Å². The molecule has 2 nitrogen and oxygen atoms in total. The molecule has 0 saturated heterocycles. The zero-order valence-corrected chi connectivity index (χ0v) is 37.4. The number of pyridine rings is 2. The maximum absolute atomic E-state index is 8.98. The van der Waals surface area contributed by atoms with Crippen molar-refractivity contribution in [2.75, 3.05) is 0 Å². The van der Waals surface area contributed by atoms with Crippen molar-refractivity contribution in [2.24, 2.45) is 0 Å². The summed E-state index contributed by atoms with van der Waals surface area (Å²) < 4.78 is 21.9. The third kappa shape index (κ3) is 9.25. The average Bonchev–Trinajstić information content (AvgIpc) is 3.50. The molecule has 7 rings (SSSR count). The topological polar surface area (TPSA) is 25.8 Å². The van der Waals surface area contributed by atoms with Gasteiger partial charge in [-0.15, -0.1) is 23.8 Å². The smallest absolute Gasteiger partial charge is 0 e. The summed E-state index contributed by atoms with van der Waals surface area (Å²) in [6, 6.07) is 41.3. The minimum absolute atomic E-state index is 0. The largest absolute Gasteiger partial charge is 0 e. The minimum Gasteiger partial charge on any atom is 0 e. The Hall–Kier alpha value is -3.19. The maximum atomic E-state index is 8.98. The first-order chi connectivity index (χ1) is 24.4. The molecular formula is C45H48GeIrN2SSi-2. The SMILES string of the molecule is [2H]C([2H])(c1ccc(C(C)(C)C)cc1)c1ccnc(-c2[c-]ccc3c2sc2cccc([Si](C)(C)C)c23)c1.[CH3][Ge]([CH3])([CH3])[c]1ccc(-c2[c-]cccc2)nc1.[Ir]. The first-order valence-electron chi connectivity index (χ1n) is 18.3. The van der Waals surface area contributed by atoms with Crippen LogP contribution in [0.3, 0.4) is 0 Å². The van der Waals surface area contributed by atoms with Gasteiger partial charge in [0, 0.05) is 33.7 Å². The zero-order chi connectivity index (χ0) is 37.5. The Morgan fingerprint density at radius 1 is 0.784 bits per heavy atom. The van der Waals surface area contributed by atoms with E-state index in [0.717, 1.165) is 27.2 Å². The van der Waals surface area contributed by atoms with Crippen molar-refractivity contribution in [3.05, 3.63) is 144 Å². The van der Waals surface area contributed by atoms with Gasteiger partial charge in [-0.2, -0.15) is 11.3 Å². The third-order valence-corrected chi connectivity index (χ3v) is 16.4. The van der Waals surface area contributed by atoms with E-state index >= 15 is 0 Å². The normalized spacial score (nSPS) is 12.8. The van der Waals surface area contributed by atoms with Crippen LogP contribution in [0.4, 0.5) is 0 Å². The van der Waals surface area contributed by atoms with Crippen LogP contribution in [0.15, 0.2) is 116 Å². The molecule has 0 saturated carbocycles. The predicted molar refractivity (Wildman–Crippen MR) is 224 cm³/mol. The Kier molecular flexibility index (Phi) is 11.2. The summed E-state index contributed by atoms with van der Waals surface area (Å²) in [5, 5.41) is 4.08. The van der Waals surface area contributed by atoms with Crippen molar-refractivity contribution in [1.82, 2.24) is 9.97 Å². The number of benzene rings is 4. The number of nitrogens with zero attached hydrogens (tertiary/aromatic N) is 2. The van der Waals surface area contributed by atoms with Crippen LogP contribution in [0.25, 0.3) is 42.7 Å². The van der Waals surface area contributed by atoms with E-state index in [4.69, 9.17) is 2.74 Å². The Balaban J connectivity index is 0.000000267. The van der Waals surface area contributed by atoms with E-state index in [2.05, 4.69) is 116 Å². The van der Waals surface area contributed by atoms with Crippen molar-refractivity contribution in [3.8, 4) is 22.5 Å². The van der Waals surface area contributed by atoms with Crippen molar-refractivity contribution >= 4 is 62.4 Å². The summed E-state index contributed by atoms with van der Waals surface area (Å²) in [6.07, 6.45) is 2.13. The predicted octanol–water partition coefficient (Wildman–Crippen LogP) is 11.4. The van der Waals surface area contributed by atoms with Crippen molar-refractivity contribution in [1.29, 1.82) is 0 Å². The number of fused-ring (bicyclic) bond motifs is 3. The van der Waals surface area contributed by atoms with Crippen LogP contribution in [0, 0.1) is 12.1 Å². The van der Waals surface area contributed by atoms with Crippen LogP contribution in [-0.2, 0) is 31.9 Å². The van der Waals surface area contributed by atoms with Gasteiger partial charge in [-0.1, -0.05) is 93.4 Å². The molecule has 3 aromatic heterocycles.